The molecule has 0 amide bonds. The van der Waals surface area contributed by atoms with Crippen molar-refractivity contribution in [1.82, 2.24) is 14.5 Å². The number of aromatic nitrogens is 2. The van der Waals surface area contributed by atoms with Gasteiger partial charge in [-0.2, -0.15) is 5.10 Å². The van der Waals surface area contributed by atoms with Crippen LogP contribution in [0.2, 0.25) is 0 Å². The second-order valence-electron chi connectivity index (χ2n) is 7.64. The first-order valence-corrected chi connectivity index (χ1v) is 12.0. The number of sulfonamides is 1. The second kappa shape index (κ2) is 9.55. The summed E-state index contributed by atoms with van der Waals surface area (Å²) in [4.78, 5) is 0. The van der Waals surface area contributed by atoms with Gasteiger partial charge in [0.25, 0.3) is 0 Å². The molecule has 3 aromatic rings. The molecule has 1 fully saturated rings. The third kappa shape index (κ3) is 5.56. The second-order valence-corrected chi connectivity index (χ2v) is 9.49. The van der Waals surface area contributed by atoms with Crippen molar-refractivity contribution in [2.24, 2.45) is 0 Å². The summed E-state index contributed by atoms with van der Waals surface area (Å²) in [5.74, 6) is 0.00578. The molecular weight excluding hydrogens is 398 g/mol. The van der Waals surface area contributed by atoms with Crippen molar-refractivity contribution in [3.63, 3.8) is 0 Å². The van der Waals surface area contributed by atoms with Crippen LogP contribution in [0.1, 0.15) is 30.4 Å². The van der Waals surface area contributed by atoms with Crippen molar-refractivity contribution < 1.29 is 13.2 Å². The van der Waals surface area contributed by atoms with Crippen molar-refractivity contribution >= 4 is 10.0 Å². The molecular formula is C23H27N3O3S. The van der Waals surface area contributed by atoms with E-state index in [1.165, 1.54) is 0 Å². The lowest BCUT2D eigenvalue weighted by atomic mass is 10.1. The first-order valence-electron chi connectivity index (χ1n) is 10.3. The monoisotopic (exact) mass is 425 g/mol. The van der Waals surface area contributed by atoms with Crippen molar-refractivity contribution in [2.45, 2.75) is 38.5 Å². The quantitative estimate of drug-likeness (QED) is 0.599. The van der Waals surface area contributed by atoms with E-state index in [1.54, 1.807) is 0 Å². The van der Waals surface area contributed by atoms with Crippen LogP contribution in [0, 0.1) is 0 Å². The molecule has 7 heteroatoms. The maximum atomic E-state index is 12.6. The Labute approximate surface area is 177 Å². The normalized spacial score (nSPS) is 17.1. The number of nitrogens with one attached hydrogen (secondary N) is 1. The summed E-state index contributed by atoms with van der Waals surface area (Å²) < 4.78 is 35.4. The Balaban J connectivity index is 1.52. The van der Waals surface area contributed by atoms with E-state index in [0.717, 1.165) is 41.6 Å². The van der Waals surface area contributed by atoms with Crippen LogP contribution in [0.15, 0.2) is 66.9 Å². The zero-order chi connectivity index (χ0) is 20.8. The maximum Gasteiger partial charge on any atom is 0.214 e. The van der Waals surface area contributed by atoms with Crippen LogP contribution in [0.25, 0.3) is 11.3 Å². The Morgan fingerprint density at radius 2 is 1.77 bits per heavy atom. The van der Waals surface area contributed by atoms with Crippen LogP contribution in [-0.4, -0.2) is 36.7 Å². The minimum Gasteiger partial charge on any atom is -0.377 e. The van der Waals surface area contributed by atoms with Crippen molar-refractivity contribution in [1.29, 1.82) is 0 Å². The molecule has 0 saturated carbocycles. The third-order valence-corrected chi connectivity index (χ3v) is 6.63. The number of nitrogens with zero attached hydrogens (tertiary/aromatic N) is 2. The lowest BCUT2D eigenvalue weighted by Gasteiger charge is -2.22. The number of hydrogen-bond donors (Lipinski definition) is 1. The molecule has 6 nitrogen and oxygen atoms in total. The van der Waals surface area contributed by atoms with Crippen LogP contribution < -0.4 is 4.72 Å². The summed E-state index contributed by atoms with van der Waals surface area (Å²) in [5, 5.41) is 4.75. The fraction of sp³-hybridized carbons (Fsp3) is 0.348. The standard InChI is InChI=1S/C23H27N3O3S/c27-30(28,18-22-13-7-8-14-29-22)24-15-21-17-26(16-19-9-3-1-4-10-19)25-23(21)20-11-5-2-6-12-20/h1-6,9-12,17,22,24H,7-8,13-16,18H2. The van der Waals surface area contributed by atoms with Crippen molar-refractivity contribution in [3.05, 3.63) is 78.0 Å². The van der Waals surface area contributed by atoms with Crippen molar-refractivity contribution in [3.8, 4) is 11.3 Å². The summed E-state index contributed by atoms with van der Waals surface area (Å²) >= 11 is 0. The van der Waals surface area contributed by atoms with E-state index in [9.17, 15) is 8.42 Å². The van der Waals surface area contributed by atoms with Gasteiger partial charge in [-0.15, -0.1) is 0 Å². The zero-order valence-electron chi connectivity index (χ0n) is 16.9. The molecule has 158 valence electrons. The molecule has 1 aliphatic heterocycles. The van der Waals surface area contributed by atoms with E-state index in [2.05, 4.69) is 16.9 Å². The van der Waals surface area contributed by atoms with E-state index < -0.39 is 10.0 Å². The fourth-order valence-electron chi connectivity index (χ4n) is 3.71. The molecule has 0 bridgehead atoms. The summed E-state index contributed by atoms with van der Waals surface area (Å²) in [6, 6.07) is 19.9. The average molecular weight is 426 g/mol. The Morgan fingerprint density at radius 1 is 1.03 bits per heavy atom. The molecule has 0 aliphatic carbocycles. The minimum absolute atomic E-state index is 0.00578. The number of hydrogen-bond acceptors (Lipinski definition) is 4. The van der Waals surface area contributed by atoms with E-state index in [-0.39, 0.29) is 18.4 Å². The predicted molar refractivity (Wildman–Crippen MR) is 117 cm³/mol. The zero-order valence-corrected chi connectivity index (χ0v) is 17.7. The van der Waals surface area contributed by atoms with Crippen LogP contribution >= 0.6 is 0 Å². The van der Waals surface area contributed by atoms with E-state index in [0.29, 0.717) is 13.2 Å². The molecule has 1 aliphatic rings. The van der Waals surface area contributed by atoms with Gasteiger partial charge in [0.2, 0.25) is 10.0 Å². The number of benzene rings is 2. The minimum atomic E-state index is -3.44. The average Bonchev–Trinajstić information content (AvgIpc) is 3.17. The van der Waals surface area contributed by atoms with Gasteiger partial charge in [0, 0.05) is 30.5 Å². The summed E-state index contributed by atoms with van der Waals surface area (Å²) in [6.07, 6.45) is 4.53. The molecule has 1 N–H and O–H groups in total. The van der Waals surface area contributed by atoms with Gasteiger partial charge in [0.1, 0.15) is 0 Å². The third-order valence-electron chi connectivity index (χ3n) is 5.23. The van der Waals surface area contributed by atoms with Crippen LogP contribution in [0.5, 0.6) is 0 Å². The summed E-state index contributed by atoms with van der Waals surface area (Å²) in [7, 11) is -3.44. The van der Waals surface area contributed by atoms with E-state index in [4.69, 9.17) is 9.84 Å². The molecule has 1 atom stereocenters. The van der Waals surface area contributed by atoms with Gasteiger partial charge < -0.3 is 4.74 Å². The van der Waals surface area contributed by atoms with Gasteiger partial charge in [-0.05, 0) is 24.8 Å². The van der Waals surface area contributed by atoms with Gasteiger partial charge in [-0.3, -0.25) is 4.68 Å². The Morgan fingerprint density at radius 3 is 2.47 bits per heavy atom. The van der Waals surface area contributed by atoms with Crippen LogP contribution in [0.4, 0.5) is 0 Å². The highest BCUT2D eigenvalue weighted by molar-refractivity contribution is 7.89. The highest BCUT2D eigenvalue weighted by atomic mass is 32.2. The largest absolute Gasteiger partial charge is 0.377 e. The van der Waals surface area contributed by atoms with Gasteiger partial charge in [-0.1, -0.05) is 60.7 Å². The summed E-state index contributed by atoms with van der Waals surface area (Å²) in [5.41, 5.74) is 3.75. The van der Waals surface area contributed by atoms with Crippen molar-refractivity contribution in [2.75, 3.05) is 12.4 Å². The van der Waals surface area contributed by atoms with Crippen LogP contribution in [0.3, 0.4) is 0 Å². The first kappa shape index (κ1) is 20.8. The topological polar surface area (TPSA) is 73.2 Å². The molecule has 0 spiro atoms. The highest BCUT2D eigenvalue weighted by Crippen LogP contribution is 2.23. The van der Waals surface area contributed by atoms with Gasteiger partial charge in [-0.25, -0.2) is 13.1 Å². The molecule has 2 heterocycles. The highest BCUT2D eigenvalue weighted by Gasteiger charge is 2.22. The molecule has 1 unspecified atom stereocenters. The molecule has 2 aromatic carbocycles. The van der Waals surface area contributed by atoms with E-state index in [1.807, 2.05) is 59.4 Å². The molecule has 1 saturated heterocycles. The van der Waals surface area contributed by atoms with Gasteiger partial charge in [0.05, 0.1) is 24.1 Å². The molecule has 4 rings (SSSR count). The van der Waals surface area contributed by atoms with Gasteiger partial charge in [0.15, 0.2) is 0 Å². The molecule has 30 heavy (non-hydrogen) atoms. The predicted octanol–water partition coefficient (Wildman–Crippen LogP) is 3.59. The van der Waals surface area contributed by atoms with Gasteiger partial charge >= 0.3 is 0 Å². The Kier molecular flexibility index (Phi) is 6.62. The Hall–Kier alpha value is -2.48. The van der Waals surface area contributed by atoms with Crippen LogP contribution in [-0.2, 0) is 27.8 Å². The first-order chi connectivity index (χ1) is 14.6. The Bertz CT molecular complexity index is 1040. The van der Waals surface area contributed by atoms with E-state index >= 15 is 0 Å². The maximum absolute atomic E-state index is 12.6. The lowest BCUT2D eigenvalue weighted by molar-refractivity contribution is 0.0304. The number of ether oxygens (including phenoxy) is 1. The fourth-order valence-corrected chi connectivity index (χ4v) is 4.96. The molecule has 0 radical (unpaired) electrons. The smallest absolute Gasteiger partial charge is 0.214 e. The SMILES string of the molecule is O=S(=O)(CC1CCCCO1)NCc1cn(Cc2ccccc2)nc1-c1ccccc1. The lowest BCUT2D eigenvalue weighted by Crippen LogP contribution is -2.34. The summed E-state index contributed by atoms with van der Waals surface area (Å²) in [6.45, 7) is 1.47. The molecule has 1 aromatic heterocycles. The number of rotatable bonds is 8.